The Morgan fingerprint density at radius 1 is 1.07 bits per heavy atom. The first-order valence-electron chi connectivity index (χ1n) is 15.5. The van der Waals surface area contributed by atoms with Crippen LogP contribution in [0.15, 0.2) is 53.6 Å². The highest BCUT2D eigenvalue weighted by Crippen LogP contribution is 2.38. The van der Waals surface area contributed by atoms with Crippen molar-refractivity contribution < 1.29 is 23.1 Å². The molecular weight excluding hydrogens is 608 g/mol. The number of rotatable bonds is 9. The number of sulfone groups is 1. The zero-order chi connectivity index (χ0) is 32.6. The Morgan fingerprint density at radius 2 is 1.83 bits per heavy atom. The van der Waals surface area contributed by atoms with Gasteiger partial charge >= 0.3 is 0 Å². The van der Waals surface area contributed by atoms with Crippen molar-refractivity contribution in [3.8, 4) is 5.75 Å². The number of nitrogens with one attached hydrogen (secondary N) is 3. The first-order chi connectivity index (χ1) is 22.1. The zero-order valence-electron chi connectivity index (χ0n) is 26.4. The van der Waals surface area contributed by atoms with Gasteiger partial charge in [-0.1, -0.05) is 12.1 Å². The molecular formula is C32H40N8O5S. The van der Waals surface area contributed by atoms with Crippen molar-refractivity contribution in [3.05, 3.63) is 59.8 Å². The summed E-state index contributed by atoms with van der Waals surface area (Å²) in [6.45, 7) is 7.27. The largest absolute Gasteiger partial charge is 0.495 e. The van der Waals surface area contributed by atoms with Crippen molar-refractivity contribution in [2.24, 2.45) is 0 Å². The summed E-state index contributed by atoms with van der Waals surface area (Å²) >= 11 is 0. The minimum absolute atomic E-state index is 0.0219. The molecule has 2 fully saturated rings. The second kappa shape index (κ2) is 12.9. The summed E-state index contributed by atoms with van der Waals surface area (Å²) in [5.41, 5.74) is 3.80. The third-order valence-electron chi connectivity index (χ3n) is 8.85. The van der Waals surface area contributed by atoms with E-state index in [1.165, 1.54) is 4.52 Å². The molecule has 0 aliphatic carbocycles. The van der Waals surface area contributed by atoms with E-state index in [0.29, 0.717) is 48.8 Å². The summed E-state index contributed by atoms with van der Waals surface area (Å²) in [5.74, 6) is 1.42. The Morgan fingerprint density at radius 3 is 2.52 bits per heavy atom. The Hall–Kier alpha value is -4.27. The van der Waals surface area contributed by atoms with Crippen LogP contribution in [0.3, 0.4) is 0 Å². The van der Waals surface area contributed by atoms with Gasteiger partial charge in [-0.3, -0.25) is 4.79 Å². The van der Waals surface area contributed by atoms with E-state index in [-0.39, 0.29) is 28.6 Å². The summed E-state index contributed by atoms with van der Waals surface area (Å²) in [6.07, 6.45) is 3.20. The third kappa shape index (κ3) is 6.11. The molecule has 2 aromatic carbocycles. The number of anilines is 4. The summed E-state index contributed by atoms with van der Waals surface area (Å²) in [6, 6.07) is 12.0. The number of fused-ring (bicyclic) bond motifs is 1. The van der Waals surface area contributed by atoms with Crippen LogP contribution in [-0.2, 0) is 14.6 Å². The normalized spacial score (nSPS) is 19.1. The Bertz CT molecular complexity index is 1850. The molecule has 14 heteroatoms. The lowest BCUT2D eigenvalue weighted by Gasteiger charge is -2.35. The quantitative estimate of drug-likeness (QED) is 0.210. The lowest BCUT2D eigenvalue weighted by Crippen LogP contribution is -2.50. The molecule has 4 N–H and O–H groups in total. The predicted molar refractivity (Wildman–Crippen MR) is 175 cm³/mol. The molecule has 0 bridgehead atoms. The van der Waals surface area contributed by atoms with E-state index in [9.17, 15) is 18.3 Å². The number of carbonyl (C=O) groups excluding carboxylic acids is 1. The van der Waals surface area contributed by atoms with Crippen molar-refractivity contribution >= 4 is 44.7 Å². The Labute approximate surface area is 268 Å². The minimum Gasteiger partial charge on any atom is -0.495 e. The van der Waals surface area contributed by atoms with Crippen molar-refractivity contribution in [1.82, 2.24) is 29.8 Å². The average molecular weight is 649 g/mol. The van der Waals surface area contributed by atoms with Crippen molar-refractivity contribution in [3.63, 3.8) is 0 Å². The second-order valence-corrected chi connectivity index (χ2v) is 14.6. The van der Waals surface area contributed by atoms with Gasteiger partial charge in [-0.25, -0.2) is 8.42 Å². The van der Waals surface area contributed by atoms with Crippen molar-refractivity contribution in [1.29, 1.82) is 0 Å². The number of hydrogen-bond acceptors (Lipinski definition) is 11. The molecule has 2 aromatic heterocycles. The van der Waals surface area contributed by atoms with Gasteiger partial charge in [-0.15, -0.1) is 0 Å². The molecule has 2 aliphatic heterocycles. The van der Waals surface area contributed by atoms with Crippen LogP contribution in [0.25, 0.3) is 5.65 Å². The Kier molecular flexibility index (Phi) is 8.86. The van der Waals surface area contributed by atoms with Crippen molar-refractivity contribution in [2.75, 3.05) is 37.4 Å². The number of ether oxygens (including phenoxy) is 1. The minimum atomic E-state index is -3.57. The topological polar surface area (TPSA) is 163 Å². The summed E-state index contributed by atoms with van der Waals surface area (Å²) in [7, 11) is -1.96. The number of aliphatic hydroxyl groups is 1. The molecule has 13 nitrogen and oxygen atoms in total. The van der Waals surface area contributed by atoms with Crippen molar-refractivity contribution in [2.45, 2.75) is 68.2 Å². The molecule has 2 aliphatic rings. The molecule has 244 valence electrons. The van der Waals surface area contributed by atoms with Crippen LogP contribution in [0.2, 0.25) is 0 Å². The number of aryl methyl sites for hydroxylation is 1. The highest BCUT2D eigenvalue weighted by Gasteiger charge is 2.36. The fourth-order valence-corrected chi connectivity index (χ4v) is 7.44. The monoisotopic (exact) mass is 648 g/mol. The predicted octanol–water partition coefficient (Wildman–Crippen LogP) is 3.54. The standard InChI is InChI=1S/C32H40N8O5S/c1-19(2)46(43,44)27-8-6-5-7-23(27)36-32-38-31(37-28-10-14-34-40(28)32)35-24-17-20(3)22(18-26(24)45-4)21-11-15-39(16-12-21)30(42)29-25(41)9-13-33-29/h5-8,10,14,17-19,21,25,29,33,41H,9,11-13,15-16H2,1-4H3,(H2,35,36,37,38)/t25-,29-/m0/s1. The van der Waals surface area contributed by atoms with Crippen LogP contribution in [0.5, 0.6) is 5.75 Å². The lowest BCUT2D eigenvalue weighted by atomic mass is 9.86. The maximum atomic E-state index is 13.1. The molecule has 6 rings (SSSR count). The number of para-hydroxylation sites is 1. The van der Waals surface area contributed by atoms with Gasteiger partial charge < -0.3 is 30.7 Å². The summed E-state index contributed by atoms with van der Waals surface area (Å²) in [5, 5.41) is 23.5. The number of carbonyl (C=O) groups is 1. The van der Waals surface area contributed by atoms with E-state index in [0.717, 1.165) is 24.0 Å². The van der Waals surface area contributed by atoms with Crippen LogP contribution < -0.4 is 20.7 Å². The van der Waals surface area contributed by atoms with Crippen LogP contribution >= 0.6 is 0 Å². The summed E-state index contributed by atoms with van der Waals surface area (Å²) < 4.78 is 33.4. The molecule has 0 saturated carbocycles. The van der Waals surface area contributed by atoms with Crippen LogP contribution in [0.1, 0.15) is 50.2 Å². The fourth-order valence-electron chi connectivity index (χ4n) is 6.23. The summed E-state index contributed by atoms with van der Waals surface area (Å²) in [4.78, 5) is 24.3. The highest BCUT2D eigenvalue weighted by atomic mass is 32.2. The van der Waals surface area contributed by atoms with Gasteiger partial charge in [0.1, 0.15) is 11.8 Å². The van der Waals surface area contributed by atoms with Crippen LogP contribution in [0.4, 0.5) is 23.3 Å². The van der Waals surface area contributed by atoms with E-state index in [2.05, 4.69) is 37.9 Å². The van der Waals surface area contributed by atoms with Gasteiger partial charge in [0, 0.05) is 19.2 Å². The number of likely N-dealkylation sites (tertiary alicyclic amines) is 1. The molecule has 1 amide bonds. The number of aromatic nitrogens is 4. The van der Waals surface area contributed by atoms with Gasteiger partial charge in [0.15, 0.2) is 15.5 Å². The van der Waals surface area contributed by atoms with Gasteiger partial charge in [0.25, 0.3) is 0 Å². The average Bonchev–Trinajstić information content (AvgIpc) is 3.70. The van der Waals surface area contributed by atoms with Gasteiger partial charge in [0.2, 0.25) is 17.8 Å². The van der Waals surface area contributed by atoms with Gasteiger partial charge in [0.05, 0.1) is 40.9 Å². The number of methoxy groups -OCH3 is 1. The SMILES string of the molecule is COc1cc(C2CCN(C(=O)[C@H]3NCC[C@@H]3O)CC2)c(C)cc1Nc1nc(Nc2ccccc2S(=O)(=O)C(C)C)n2nccc2n1. The second-order valence-electron chi connectivity index (χ2n) is 12.1. The van der Waals surface area contributed by atoms with E-state index < -0.39 is 27.2 Å². The van der Waals surface area contributed by atoms with Crippen LogP contribution in [-0.4, -0.2) is 88.1 Å². The van der Waals surface area contributed by atoms with E-state index >= 15 is 0 Å². The number of piperidine rings is 1. The zero-order valence-corrected chi connectivity index (χ0v) is 27.2. The number of nitrogens with zero attached hydrogens (tertiary/aromatic N) is 5. The smallest absolute Gasteiger partial charge is 0.242 e. The van der Waals surface area contributed by atoms with Crippen LogP contribution in [0, 0.1) is 6.92 Å². The molecule has 46 heavy (non-hydrogen) atoms. The van der Waals surface area contributed by atoms with E-state index in [1.807, 2.05) is 17.0 Å². The van der Waals surface area contributed by atoms with E-state index in [4.69, 9.17) is 4.74 Å². The molecule has 2 atom stereocenters. The maximum Gasteiger partial charge on any atom is 0.242 e. The van der Waals surface area contributed by atoms with E-state index in [1.54, 1.807) is 57.5 Å². The van der Waals surface area contributed by atoms with Gasteiger partial charge in [-0.2, -0.15) is 19.6 Å². The molecule has 0 unspecified atom stereocenters. The first kappa shape index (κ1) is 31.7. The molecule has 4 aromatic rings. The number of hydrogen-bond donors (Lipinski definition) is 4. The third-order valence-corrected chi connectivity index (χ3v) is 11.1. The molecule has 0 spiro atoms. The molecule has 2 saturated heterocycles. The fraction of sp³-hybridized carbons (Fsp3) is 0.438. The maximum absolute atomic E-state index is 13.1. The van der Waals surface area contributed by atoms with Gasteiger partial charge in [-0.05, 0) is 87.9 Å². The Balaban J connectivity index is 1.23. The first-order valence-corrected chi connectivity index (χ1v) is 17.1. The lowest BCUT2D eigenvalue weighted by molar-refractivity contribution is -0.136. The highest BCUT2D eigenvalue weighted by molar-refractivity contribution is 7.92. The number of amides is 1. The molecule has 0 radical (unpaired) electrons. The number of aliphatic hydroxyl groups excluding tert-OH is 1. The molecule has 4 heterocycles. The number of benzene rings is 2.